The summed E-state index contributed by atoms with van der Waals surface area (Å²) < 4.78 is 5.79. The van der Waals surface area contributed by atoms with Crippen LogP contribution in [0.1, 0.15) is 31.9 Å². The topological polar surface area (TPSA) is 55.6 Å². The summed E-state index contributed by atoms with van der Waals surface area (Å²) in [6.45, 7) is 6.52. The van der Waals surface area contributed by atoms with Gasteiger partial charge in [-0.3, -0.25) is 4.79 Å². The SMILES string of the molecule is CN1C(=O)/C(=C\c2ccc(C(C)(C)C)cc2)Oc2ccc(N)cc21. The molecule has 0 bridgehead atoms. The highest BCUT2D eigenvalue weighted by Gasteiger charge is 2.27. The molecule has 2 aromatic carbocycles. The van der Waals surface area contributed by atoms with Gasteiger partial charge in [0, 0.05) is 12.7 Å². The second kappa shape index (κ2) is 5.71. The number of nitrogens with two attached hydrogens (primary N) is 1. The number of fused-ring (bicyclic) bond motifs is 1. The van der Waals surface area contributed by atoms with Crippen LogP contribution in [-0.2, 0) is 10.2 Å². The molecule has 0 saturated carbocycles. The second-order valence-corrected chi connectivity index (χ2v) is 7.07. The van der Waals surface area contributed by atoms with E-state index >= 15 is 0 Å². The van der Waals surface area contributed by atoms with Gasteiger partial charge >= 0.3 is 0 Å². The van der Waals surface area contributed by atoms with E-state index in [1.807, 2.05) is 12.1 Å². The van der Waals surface area contributed by atoms with Crippen molar-refractivity contribution in [2.24, 2.45) is 0 Å². The van der Waals surface area contributed by atoms with Gasteiger partial charge in [-0.25, -0.2) is 0 Å². The van der Waals surface area contributed by atoms with Crippen molar-refractivity contribution in [1.82, 2.24) is 0 Å². The van der Waals surface area contributed by atoms with Crippen LogP contribution in [0.2, 0.25) is 0 Å². The van der Waals surface area contributed by atoms with E-state index in [0.717, 1.165) is 5.56 Å². The Balaban J connectivity index is 1.93. The van der Waals surface area contributed by atoms with E-state index in [0.29, 0.717) is 22.9 Å². The number of anilines is 2. The van der Waals surface area contributed by atoms with Crippen molar-refractivity contribution in [2.45, 2.75) is 26.2 Å². The monoisotopic (exact) mass is 322 g/mol. The minimum absolute atomic E-state index is 0.0991. The van der Waals surface area contributed by atoms with Crippen LogP contribution in [0.5, 0.6) is 5.75 Å². The minimum Gasteiger partial charge on any atom is -0.449 e. The van der Waals surface area contributed by atoms with E-state index in [1.165, 1.54) is 5.56 Å². The van der Waals surface area contributed by atoms with Gasteiger partial charge in [0.05, 0.1) is 5.69 Å². The van der Waals surface area contributed by atoms with Gasteiger partial charge < -0.3 is 15.4 Å². The predicted octanol–water partition coefficient (Wildman–Crippen LogP) is 3.96. The maximum atomic E-state index is 12.5. The Hall–Kier alpha value is -2.75. The van der Waals surface area contributed by atoms with Crippen molar-refractivity contribution in [3.8, 4) is 5.75 Å². The lowest BCUT2D eigenvalue weighted by molar-refractivity contribution is -0.117. The zero-order chi connectivity index (χ0) is 17.5. The van der Waals surface area contributed by atoms with Gasteiger partial charge in [-0.05, 0) is 40.8 Å². The van der Waals surface area contributed by atoms with E-state index < -0.39 is 0 Å². The summed E-state index contributed by atoms with van der Waals surface area (Å²) in [4.78, 5) is 14.1. The van der Waals surface area contributed by atoms with E-state index in [2.05, 4.69) is 32.9 Å². The number of ether oxygens (including phenoxy) is 1. The molecular formula is C20H22N2O2. The number of carbonyl (C=O) groups excluding carboxylic acids is 1. The van der Waals surface area contributed by atoms with Gasteiger partial charge in [0.25, 0.3) is 5.91 Å². The molecule has 4 heteroatoms. The number of amides is 1. The average Bonchev–Trinajstić information content (AvgIpc) is 2.53. The normalized spacial score (nSPS) is 16.1. The third-order valence-corrected chi connectivity index (χ3v) is 4.15. The maximum Gasteiger partial charge on any atom is 0.293 e. The first-order valence-corrected chi connectivity index (χ1v) is 7.93. The van der Waals surface area contributed by atoms with Gasteiger partial charge in [0.15, 0.2) is 11.5 Å². The fourth-order valence-corrected chi connectivity index (χ4v) is 2.64. The molecule has 24 heavy (non-hydrogen) atoms. The van der Waals surface area contributed by atoms with Crippen LogP contribution >= 0.6 is 0 Å². The number of benzene rings is 2. The Morgan fingerprint density at radius 3 is 2.38 bits per heavy atom. The average molecular weight is 322 g/mol. The molecule has 1 amide bonds. The lowest BCUT2D eigenvalue weighted by atomic mass is 9.87. The third-order valence-electron chi connectivity index (χ3n) is 4.15. The minimum atomic E-state index is -0.187. The number of rotatable bonds is 1. The number of nitrogens with zero attached hydrogens (tertiary/aromatic N) is 1. The lowest BCUT2D eigenvalue weighted by Crippen LogP contribution is -2.33. The first kappa shape index (κ1) is 16.1. The molecule has 0 radical (unpaired) electrons. The Morgan fingerprint density at radius 1 is 1.08 bits per heavy atom. The first-order valence-electron chi connectivity index (χ1n) is 7.93. The Bertz CT molecular complexity index is 815. The van der Waals surface area contributed by atoms with E-state index in [-0.39, 0.29) is 11.3 Å². The highest BCUT2D eigenvalue weighted by Crippen LogP contribution is 2.36. The van der Waals surface area contributed by atoms with Crippen molar-refractivity contribution < 1.29 is 9.53 Å². The van der Waals surface area contributed by atoms with Gasteiger partial charge in [0.1, 0.15) is 0 Å². The second-order valence-electron chi connectivity index (χ2n) is 7.07. The fraction of sp³-hybridized carbons (Fsp3) is 0.250. The number of hydrogen-bond acceptors (Lipinski definition) is 3. The molecule has 0 saturated heterocycles. The summed E-state index contributed by atoms with van der Waals surface area (Å²) in [5, 5.41) is 0. The number of hydrogen-bond donors (Lipinski definition) is 1. The molecule has 0 aliphatic carbocycles. The molecule has 2 aromatic rings. The van der Waals surface area contributed by atoms with E-state index in [1.54, 1.807) is 36.2 Å². The molecule has 124 valence electrons. The summed E-state index contributed by atoms with van der Waals surface area (Å²) >= 11 is 0. The smallest absolute Gasteiger partial charge is 0.293 e. The van der Waals surface area contributed by atoms with Crippen LogP contribution < -0.4 is 15.4 Å². The largest absolute Gasteiger partial charge is 0.449 e. The summed E-state index contributed by atoms with van der Waals surface area (Å²) in [5.74, 6) is 0.745. The van der Waals surface area contributed by atoms with Crippen LogP contribution in [0.15, 0.2) is 48.2 Å². The van der Waals surface area contributed by atoms with Crippen LogP contribution in [-0.4, -0.2) is 13.0 Å². The predicted molar refractivity (Wildman–Crippen MR) is 98.0 cm³/mol. The molecule has 3 rings (SSSR count). The van der Waals surface area contributed by atoms with Gasteiger partial charge in [-0.15, -0.1) is 0 Å². The molecule has 0 fully saturated rings. The fourth-order valence-electron chi connectivity index (χ4n) is 2.64. The summed E-state index contributed by atoms with van der Waals surface area (Å²) in [7, 11) is 1.72. The van der Waals surface area contributed by atoms with Gasteiger partial charge in [-0.1, -0.05) is 45.0 Å². The Labute approximate surface area is 142 Å². The molecule has 2 N–H and O–H groups in total. The van der Waals surface area contributed by atoms with Gasteiger partial charge in [-0.2, -0.15) is 0 Å². The highest BCUT2D eigenvalue weighted by atomic mass is 16.5. The lowest BCUT2D eigenvalue weighted by Gasteiger charge is -2.27. The molecule has 1 aliphatic rings. The molecule has 0 aromatic heterocycles. The standard InChI is InChI=1S/C20H22N2O2/c1-20(2,3)14-7-5-13(6-8-14)11-18-19(23)22(4)16-12-15(21)9-10-17(16)24-18/h5-12H,21H2,1-4H3/b18-11+. The molecule has 0 atom stereocenters. The van der Waals surface area contributed by atoms with Crippen LogP contribution in [0.25, 0.3) is 6.08 Å². The summed E-state index contributed by atoms with van der Waals surface area (Å²) in [6.07, 6.45) is 1.77. The number of likely N-dealkylation sites (N-methyl/N-ethyl adjacent to an activating group) is 1. The molecule has 0 unspecified atom stereocenters. The van der Waals surface area contributed by atoms with Crippen molar-refractivity contribution in [3.05, 3.63) is 59.4 Å². The van der Waals surface area contributed by atoms with Crippen molar-refractivity contribution >= 4 is 23.4 Å². The van der Waals surface area contributed by atoms with Crippen molar-refractivity contribution in [2.75, 3.05) is 17.7 Å². The zero-order valence-corrected chi connectivity index (χ0v) is 14.5. The molecule has 1 aliphatic heterocycles. The van der Waals surface area contributed by atoms with Gasteiger partial charge in [0.2, 0.25) is 0 Å². The molecular weight excluding hydrogens is 300 g/mol. The van der Waals surface area contributed by atoms with Crippen molar-refractivity contribution in [1.29, 1.82) is 0 Å². The third kappa shape index (κ3) is 3.00. The summed E-state index contributed by atoms with van der Waals surface area (Å²) in [6, 6.07) is 13.5. The van der Waals surface area contributed by atoms with E-state index in [9.17, 15) is 4.79 Å². The van der Waals surface area contributed by atoms with E-state index in [4.69, 9.17) is 10.5 Å². The van der Waals surface area contributed by atoms with Crippen LogP contribution in [0, 0.1) is 0 Å². The van der Waals surface area contributed by atoms with Crippen LogP contribution in [0.3, 0.4) is 0 Å². The summed E-state index contributed by atoms with van der Waals surface area (Å²) in [5.41, 5.74) is 9.35. The first-order chi connectivity index (χ1) is 11.3. The van der Waals surface area contributed by atoms with Crippen LogP contribution in [0.4, 0.5) is 11.4 Å². The zero-order valence-electron chi connectivity index (χ0n) is 14.5. The number of carbonyl (C=O) groups is 1. The molecule has 1 heterocycles. The molecule has 4 nitrogen and oxygen atoms in total. The highest BCUT2D eigenvalue weighted by molar-refractivity contribution is 6.09. The number of nitrogen functional groups attached to an aromatic ring is 1. The Kier molecular flexibility index (Phi) is 3.84. The van der Waals surface area contributed by atoms with Crippen molar-refractivity contribution in [3.63, 3.8) is 0 Å². The Morgan fingerprint density at radius 2 is 1.75 bits per heavy atom. The maximum absolute atomic E-state index is 12.5. The quantitative estimate of drug-likeness (QED) is 0.638. The molecule has 0 spiro atoms.